The fraction of sp³-hybridized carbons (Fsp3) is 0.429. The first-order valence-electron chi connectivity index (χ1n) is 12.8. The molecule has 188 valence electrons. The van der Waals surface area contributed by atoms with E-state index < -0.39 is 0 Å². The summed E-state index contributed by atoms with van der Waals surface area (Å²) in [7, 11) is 0. The molecule has 0 aliphatic carbocycles. The maximum Gasteiger partial charge on any atom is 0.252 e. The molecule has 3 heterocycles. The normalized spacial score (nSPS) is 16.7. The number of aromatic amines is 1. The van der Waals surface area contributed by atoms with Gasteiger partial charge in [-0.05, 0) is 71.7 Å². The zero-order valence-corrected chi connectivity index (χ0v) is 21.3. The third-order valence-electron chi connectivity index (χ3n) is 7.32. The van der Waals surface area contributed by atoms with Crippen LogP contribution in [0, 0.1) is 13.8 Å². The molecule has 2 atom stereocenters. The van der Waals surface area contributed by atoms with Crippen molar-refractivity contribution >= 4 is 10.9 Å². The van der Waals surface area contributed by atoms with Gasteiger partial charge in [-0.3, -0.25) is 9.69 Å². The number of pyridine rings is 1. The molecular weight excluding hydrogens is 452 g/mol. The highest BCUT2D eigenvalue weighted by atomic mass is 16.5. The largest absolute Gasteiger partial charge is 0.377 e. The van der Waals surface area contributed by atoms with Gasteiger partial charge in [0.15, 0.2) is 5.82 Å². The van der Waals surface area contributed by atoms with Gasteiger partial charge in [0, 0.05) is 25.3 Å². The first-order valence-corrected chi connectivity index (χ1v) is 12.8. The fourth-order valence-corrected chi connectivity index (χ4v) is 5.18. The van der Waals surface area contributed by atoms with Crippen LogP contribution in [0.25, 0.3) is 10.9 Å². The summed E-state index contributed by atoms with van der Waals surface area (Å²) >= 11 is 0. The number of nitrogens with zero attached hydrogens (tertiary/aromatic N) is 5. The minimum Gasteiger partial charge on any atom is -0.377 e. The van der Waals surface area contributed by atoms with Crippen molar-refractivity contribution in [2.24, 2.45) is 0 Å². The molecule has 1 aliphatic heterocycles. The van der Waals surface area contributed by atoms with E-state index in [0.717, 1.165) is 65.8 Å². The third-order valence-corrected chi connectivity index (χ3v) is 7.32. The van der Waals surface area contributed by atoms with Gasteiger partial charge >= 0.3 is 0 Å². The number of rotatable bonds is 9. The molecule has 36 heavy (non-hydrogen) atoms. The van der Waals surface area contributed by atoms with E-state index >= 15 is 0 Å². The summed E-state index contributed by atoms with van der Waals surface area (Å²) in [6.45, 7) is 8.87. The van der Waals surface area contributed by atoms with Crippen molar-refractivity contribution in [3.05, 3.63) is 87.0 Å². The minimum absolute atomic E-state index is 0.0488. The van der Waals surface area contributed by atoms with Crippen molar-refractivity contribution in [2.45, 2.75) is 65.3 Å². The standard InChI is InChI=1S/C28H34N6O2/c1-4-25(27-30-31-32-34(27)16-21-9-6-5-7-10-21)33(18-24-11-8-14-36-24)17-23-15-22-13-12-19(2)20(3)26(22)29-28(23)35/h5-7,9-10,12-13,15,24-25H,4,8,11,14,16-18H2,1-3H3,(H,29,35)/t24-,25+/m1/s1. The number of fused-ring (bicyclic) bond motifs is 1. The molecule has 1 saturated heterocycles. The number of tetrazole rings is 1. The lowest BCUT2D eigenvalue weighted by Gasteiger charge is -2.32. The van der Waals surface area contributed by atoms with Gasteiger partial charge in [0.2, 0.25) is 0 Å². The van der Waals surface area contributed by atoms with E-state index in [1.165, 1.54) is 5.56 Å². The number of hydrogen-bond acceptors (Lipinski definition) is 6. The van der Waals surface area contributed by atoms with E-state index in [1.807, 2.05) is 28.9 Å². The van der Waals surface area contributed by atoms with Crippen LogP contribution in [0.2, 0.25) is 0 Å². The Morgan fingerprint density at radius 2 is 2.03 bits per heavy atom. The molecule has 2 aromatic carbocycles. The lowest BCUT2D eigenvalue weighted by molar-refractivity contribution is 0.0489. The minimum atomic E-state index is -0.0530. The molecule has 0 saturated carbocycles. The van der Waals surface area contributed by atoms with Gasteiger partial charge in [-0.2, -0.15) is 0 Å². The third kappa shape index (κ3) is 5.10. The van der Waals surface area contributed by atoms with Gasteiger partial charge in [0.25, 0.3) is 5.56 Å². The molecule has 5 rings (SSSR count). The van der Waals surface area contributed by atoms with Crippen LogP contribution in [-0.2, 0) is 17.8 Å². The Morgan fingerprint density at radius 3 is 2.78 bits per heavy atom. The second-order valence-corrected chi connectivity index (χ2v) is 9.76. The van der Waals surface area contributed by atoms with Crippen molar-refractivity contribution < 1.29 is 4.74 Å². The Morgan fingerprint density at radius 1 is 1.19 bits per heavy atom. The number of H-pyrrole nitrogens is 1. The molecule has 8 heteroatoms. The Labute approximate surface area is 211 Å². The van der Waals surface area contributed by atoms with E-state index in [1.54, 1.807) is 0 Å². The van der Waals surface area contributed by atoms with Crippen LogP contribution in [0.1, 0.15) is 60.3 Å². The highest BCUT2D eigenvalue weighted by molar-refractivity contribution is 5.83. The van der Waals surface area contributed by atoms with Crippen LogP contribution in [0.15, 0.2) is 53.3 Å². The van der Waals surface area contributed by atoms with Crippen molar-refractivity contribution in [3.63, 3.8) is 0 Å². The average molecular weight is 487 g/mol. The molecule has 4 aromatic rings. The Hall–Kier alpha value is -3.36. The summed E-state index contributed by atoms with van der Waals surface area (Å²) in [6, 6.07) is 16.4. The van der Waals surface area contributed by atoms with E-state index in [4.69, 9.17) is 4.74 Å². The fourth-order valence-electron chi connectivity index (χ4n) is 5.18. The Kier molecular flexibility index (Phi) is 7.25. The average Bonchev–Trinajstić information content (AvgIpc) is 3.56. The van der Waals surface area contributed by atoms with Gasteiger partial charge < -0.3 is 9.72 Å². The molecule has 0 unspecified atom stereocenters. The van der Waals surface area contributed by atoms with Gasteiger partial charge in [-0.25, -0.2) is 4.68 Å². The smallest absolute Gasteiger partial charge is 0.252 e. The van der Waals surface area contributed by atoms with E-state index in [2.05, 4.69) is 70.4 Å². The van der Waals surface area contributed by atoms with Crippen LogP contribution in [0.4, 0.5) is 0 Å². The number of benzene rings is 2. The molecule has 0 radical (unpaired) electrons. The van der Waals surface area contributed by atoms with E-state index in [0.29, 0.717) is 13.1 Å². The topological polar surface area (TPSA) is 88.9 Å². The number of nitrogens with one attached hydrogen (secondary N) is 1. The monoisotopic (exact) mass is 486 g/mol. The van der Waals surface area contributed by atoms with Crippen LogP contribution in [-0.4, -0.2) is 49.3 Å². The first-order chi connectivity index (χ1) is 17.5. The van der Waals surface area contributed by atoms with Gasteiger partial charge in [-0.15, -0.1) is 5.10 Å². The maximum atomic E-state index is 13.2. The van der Waals surface area contributed by atoms with Crippen molar-refractivity contribution in [1.82, 2.24) is 30.1 Å². The second-order valence-electron chi connectivity index (χ2n) is 9.76. The van der Waals surface area contributed by atoms with Crippen LogP contribution in [0.5, 0.6) is 0 Å². The molecule has 1 N–H and O–H groups in total. The van der Waals surface area contributed by atoms with Crippen LogP contribution >= 0.6 is 0 Å². The molecule has 0 amide bonds. The number of hydrogen-bond donors (Lipinski definition) is 1. The lowest BCUT2D eigenvalue weighted by Crippen LogP contribution is -2.37. The summed E-state index contributed by atoms with van der Waals surface area (Å²) in [4.78, 5) is 18.7. The maximum absolute atomic E-state index is 13.2. The molecule has 8 nitrogen and oxygen atoms in total. The highest BCUT2D eigenvalue weighted by Crippen LogP contribution is 2.27. The summed E-state index contributed by atoms with van der Waals surface area (Å²) in [6.07, 6.45) is 3.04. The zero-order chi connectivity index (χ0) is 25.1. The highest BCUT2D eigenvalue weighted by Gasteiger charge is 2.29. The Bertz CT molecular complexity index is 1370. The van der Waals surface area contributed by atoms with Gasteiger partial charge in [-0.1, -0.05) is 49.4 Å². The predicted molar refractivity (Wildman–Crippen MR) is 140 cm³/mol. The summed E-state index contributed by atoms with van der Waals surface area (Å²) in [5, 5.41) is 13.8. The Balaban J connectivity index is 1.49. The van der Waals surface area contributed by atoms with Crippen molar-refractivity contribution in [3.8, 4) is 0 Å². The number of ether oxygens (including phenoxy) is 1. The summed E-state index contributed by atoms with van der Waals surface area (Å²) in [5.74, 6) is 0.808. The predicted octanol–water partition coefficient (Wildman–Crippen LogP) is 4.31. The van der Waals surface area contributed by atoms with Crippen LogP contribution < -0.4 is 5.56 Å². The molecular formula is C28H34N6O2. The number of aryl methyl sites for hydroxylation is 2. The summed E-state index contributed by atoms with van der Waals surface area (Å²) < 4.78 is 7.88. The molecule has 0 spiro atoms. The van der Waals surface area contributed by atoms with E-state index in [9.17, 15) is 4.79 Å². The van der Waals surface area contributed by atoms with Crippen molar-refractivity contribution in [1.29, 1.82) is 0 Å². The molecule has 0 bridgehead atoms. The molecule has 1 fully saturated rings. The van der Waals surface area contributed by atoms with Gasteiger partial charge in [0.05, 0.1) is 24.2 Å². The van der Waals surface area contributed by atoms with E-state index in [-0.39, 0.29) is 17.7 Å². The SMILES string of the molecule is CC[C@@H](c1nnnn1Cc1ccccc1)N(Cc1cc2ccc(C)c(C)c2[nH]c1=O)C[C@H]1CCCO1. The molecule has 1 aliphatic rings. The molecule has 2 aromatic heterocycles. The summed E-state index contributed by atoms with van der Waals surface area (Å²) in [5.41, 5.74) is 5.02. The van der Waals surface area contributed by atoms with Crippen LogP contribution in [0.3, 0.4) is 0 Å². The quantitative estimate of drug-likeness (QED) is 0.379. The van der Waals surface area contributed by atoms with Crippen molar-refractivity contribution in [2.75, 3.05) is 13.2 Å². The lowest BCUT2D eigenvalue weighted by atomic mass is 10.0. The van der Waals surface area contributed by atoms with Gasteiger partial charge in [0.1, 0.15) is 0 Å². The first kappa shape index (κ1) is 24.3. The zero-order valence-electron chi connectivity index (χ0n) is 21.3. The second kappa shape index (κ2) is 10.7. The number of aromatic nitrogens is 5.